The van der Waals surface area contributed by atoms with Crippen molar-refractivity contribution in [3.63, 3.8) is 0 Å². The van der Waals surface area contributed by atoms with Gasteiger partial charge in [-0.2, -0.15) is 0 Å². The van der Waals surface area contributed by atoms with Crippen molar-refractivity contribution < 1.29 is 13.5 Å². The molecule has 0 saturated carbocycles. The SMILES string of the molecule is CNC(COc1ccc(Cl)cc1)Cc1cccc(F)c1F. The Balaban J connectivity index is 1.97. The highest BCUT2D eigenvalue weighted by Gasteiger charge is 2.14. The van der Waals surface area contributed by atoms with Crippen LogP contribution in [0.2, 0.25) is 5.02 Å². The standard InChI is InChI=1S/C16H16ClF2NO/c1-20-13(9-11-3-2-4-15(18)16(11)19)10-21-14-7-5-12(17)6-8-14/h2-8,13,20H,9-10H2,1H3. The van der Waals surface area contributed by atoms with Gasteiger partial charge in [-0.3, -0.25) is 0 Å². The number of benzene rings is 2. The predicted octanol–water partition coefficient (Wildman–Crippen LogP) is 3.83. The molecule has 2 aromatic rings. The van der Waals surface area contributed by atoms with Crippen molar-refractivity contribution >= 4 is 11.6 Å². The molecule has 2 nitrogen and oxygen atoms in total. The third-order valence-electron chi connectivity index (χ3n) is 3.17. The van der Waals surface area contributed by atoms with Gasteiger partial charge in [-0.1, -0.05) is 23.7 Å². The van der Waals surface area contributed by atoms with Crippen LogP contribution in [0.5, 0.6) is 5.75 Å². The minimum absolute atomic E-state index is 0.128. The first-order chi connectivity index (χ1) is 10.1. The van der Waals surface area contributed by atoms with E-state index in [1.165, 1.54) is 6.07 Å². The van der Waals surface area contributed by atoms with E-state index in [2.05, 4.69) is 5.32 Å². The van der Waals surface area contributed by atoms with Crippen LogP contribution in [-0.2, 0) is 6.42 Å². The molecule has 21 heavy (non-hydrogen) atoms. The lowest BCUT2D eigenvalue weighted by molar-refractivity contribution is 0.268. The summed E-state index contributed by atoms with van der Waals surface area (Å²) in [5.41, 5.74) is 0.328. The second kappa shape index (κ2) is 7.38. The van der Waals surface area contributed by atoms with E-state index in [4.69, 9.17) is 16.3 Å². The lowest BCUT2D eigenvalue weighted by Crippen LogP contribution is -2.34. The van der Waals surface area contributed by atoms with Crippen molar-refractivity contribution in [2.24, 2.45) is 0 Å². The fourth-order valence-corrected chi connectivity index (χ4v) is 2.07. The Bertz CT molecular complexity index is 589. The van der Waals surface area contributed by atoms with Crippen molar-refractivity contribution in [2.45, 2.75) is 12.5 Å². The molecule has 0 aliphatic carbocycles. The van der Waals surface area contributed by atoms with E-state index in [1.54, 1.807) is 37.4 Å². The van der Waals surface area contributed by atoms with Gasteiger partial charge in [0, 0.05) is 11.1 Å². The van der Waals surface area contributed by atoms with Crippen LogP contribution in [0.3, 0.4) is 0 Å². The summed E-state index contributed by atoms with van der Waals surface area (Å²) >= 11 is 5.80. The van der Waals surface area contributed by atoms with E-state index in [1.807, 2.05) is 0 Å². The fourth-order valence-electron chi connectivity index (χ4n) is 1.94. The van der Waals surface area contributed by atoms with Crippen molar-refractivity contribution in [3.05, 3.63) is 64.7 Å². The molecule has 0 radical (unpaired) electrons. The van der Waals surface area contributed by atoms with Crippen LogP contribution in [0.15, 0.2) is 42.5 Å². The molecule has 1 N–H and O–H groups in total. The van der Waals surface area contributed by atoms with Gasteiger partial charge >= 0.3 is 0 Å². The van der Waals surface area contributed by atoms with E-state index in [-0.39, 0.29) is 6.04 Å². The number of likely N-dealkylation sites (N-methyl/N-ethyl adjacent to an activating group) is 1. The Hall–Kier alpha value is -1.65. The highest BCUT2D eigenvalue weighted by molar-refractivity contribution is 6.30. The minimum atomic E-state index is -0.832. The summed E-state index contributed by atoms with van der Waals surface area (Å²) in [5.74, 6) is -0.954. The zero-order chi connectivity index (χ0) is 15.2. The molecule has 1 unspecified atom stereocenters. The van der Waals surface area contributed by atoms with Crippen LogP contribution in [0.4, 0.5) is 8.78 Å². The van der Waals surface area contributed by atoms with Crippen LogP contribution in [-0.4, -0.2) is 19.7 Å². The van der Waals surface area contributed by atoms with Gasteiger partial charge < -0.3 is 10.1 Å². The normalized spacial score (nSPS) is 12.2. The maximum Gasteiger partial charge on any atom is 0.162 e. The summed E-state index contributed by atoms with van der Waals surface area (Å²) in [6.45, 7) is 0.341. The maximum atomic E-state index is 13.6. The average molecular weight is 312 g/mol. The first kappa shape index (κ1) is 15.7. The highest BCUT2D eigenvalue weighted by atomic mass is 35.5. The van der Waals surface area contributed by atoms with Crippen molar-refractivity contribution in [3.8, 4) is 5.75 Å². The first-order valence-corrected chi connectivity index (χ1v) is 6.96. The Morgan fingerprint density at radius 1 is 1.14 bits per heavy atom. The Morgan fingerprint density at radius 2 is 1.86 bits per heavy atom. The lowest BCUT2D eigenvalue weighted by atomic mass is 10.1. The van der Waals surface area contributed by atoms with Crippen molar-refractivity contribution in [1.82, 2.24) is 5.32 Å². The molecule has 0 saturated heterocycles. The molecule has 0 bridgehead atoms. The molecule has 2 rings (SSSR count). The molecule has 0 fully saturated rings. The van der Waals surface area contributed by atoms with Gasteiger partial charge in [-0.25, -0.2) is 8.78 Å². The van der Waals surface area contributed by atoms with Gasteiger partial charge in [0.1, 0.15) is 12.4 Å². The molecular weight excluding hydrogens is 296 g/mol. The zero-order valence-corrected chi connectivity index (χ0v) is 12.3. The van der Waals surface area contributed by atoms with Crippen LogP contribution in [0.1, 0.15) is 5.56 Å². The molecule has 0 aliphatic heterocycles. The van der Waals surface area contributed by atoms with Crippen LogP contribution < -0.4 is 10.1 Å². The van der Waals surface area contributed by atoms with Crippen molar-refractivity contribution in [2.75, 3.05) is 13.7 Å². The van der Waals surface area contributed by atoms with Crippen LogP contribution in [0.25, 0.3) is 0 Å². The van der Waals surface area contributed by atoms with Gasteiger partial charge in [0.05, 0.1) is 0 Å². The topological polar surface area (TPSA) is 21.3 Å². The monoisotopic (exact) mass is 311 g/mol. The quantitative estimate of drug-likeness (QED) is 0.875. The zero-order valence-electron chi connectivity index (χ0n) is 11.6. The molecule has 0 aliphatic rings. The summed E-state index contributed by atoms with van der Waals surface area (Å²) in [4.78, 5) is 0. The summed E-state index contributed by atoms with van der Waals surface area (Å²) < 4.78 is 32.4. The predicted molar refractivity (Wildman–Crippen MR) is 79.9 cm³/mol. The molecular formula is C16H16ClF2NO. The van der Waals surface area contributed by atoms with Gasteiger partial charge in [-0.15, -0.1) is 0 Å². The molecule has 1 atom stereocenters. The largest absolute Gasteiger partial charge is 0.492 e. The Kier molecular flexibility index (Phi) is 5.53. The molecule has 2 aromatic carbocycles. The smallest absolute Gasteiger partial charge is 0.162 e. The number of hydrogen-bond acceptors (Lipinski definition) is 2. The second-order valence-electron chi connectivity index (χ2n) is 4.67. The van der Waals surface area contributed by atoms with E-state index < -0.39 is 11.6 Å². The molecule has 0 aromatic heterocycles. The number of ether oxygens (including phenoxy) is 1. The number of halogens is 3. The molecule has 0 heterocycles. The first-order valence-electron chi connectivity index (χ1n) is 6.58. The van der Waals surface area contributed by atoms with E-state index in [0.717, 1.165) is 6.07 Å². The van der Waals surface area contributed by atoms with Crippen LogP contribution in [0, 0.1) is 11.6 Å². The molecule has 0 amide bonds. The third kappa shape index (κ3) is 4.41. The summed E-state index contributed by atoms with van der Waals surface area (Å²) in [6, 6.07) is 11.0. The number of rotatable bonds is 6. The van der Waals surface area contributed by atoms with Crippen LogP contribution >= 0.6 is 11.6 Å². The number of nitrogens with one attached hydrogen (secondary N) is 1. The second-order valence-corrected chi connectivity index (χ2v) is 5.10. The van der Waals surface area contributed by atoms with E-state index in [9.17, 15) is 8.78 Å². The molecule has 112 valence electrons. The Labute approximate surface area is 127 Å². The molecule has 5 heteroatoms. The molecule has 0 spiro atoms. The van der Waals surface area contributed by atoms with Gasteiger partial charge in [-0.05, 0) is 49.4 Å². The summed E-state index contributed by atoms with van der Waals surface area (Å²) in [5, 5.41) is 3.67. The minimum Gasteiger partial charge on any atom is -0.492 e. The van der Waals surface area contributed by atoms with Gasteiger partial charge in [0.15, 0.2) is 11.6 Å². The third-order valence-corrected chi connectivity index (χ3v) is 3.42. The van der Waals surface area contributed by atoms with Gasteiger partial charge in [0.2, 0.25) is 0 Å². The van der Waals surface area contributed by atoms with E-state index in [0.29, 0.717) is 29.4 Å². The highest BCUT2D eigenvalue weighted by Crippen LogP contribution is 2.17. The number of hydrogen-bond donors (Lipinski definition) is 1. The summed E-state index contributed by atoms with van der Waals surface area (Å²) in [7, 11) is 1.76. The lowest BCUT2D eigenvalue weighted by Gasteiger charge is -2.17. The van der Waals surface area contributed by atoms with Crippen molar-refractivity contribution in [1.29, 1.82) is 0 Å². The Morgan fingerprint density at radius 3 is 2.52 bits per heavy atom. The maximum absolute atomic E-state index is 13.6. The average Bonchev–Trinajstić information content (AvgIpc) is 2.49. The summed E-state index contributed by atoms with van der Waals surface area (Å²) in [6.07, 6.45) is 0.341. The fraction of sp³-hybridized carbons (Fsp3) is 0.250. The van der Waals surface area contributed by atoms with E-state index >= 15 is 0 Å². The van der Waals surface area contributed by atoms with Gasteiger partial charge in [0.25, 0.3) is 0 Å².